The van der Waals surface area contributed by atoms with Gasteiger partial charge < -0.3 is 5.32 Å². The Balaban J connectivity index is 3.31. The second-order valence-corrected chi connectivity index (χ2v) is 12.7. The number of allylic oxidation sites excluding steroid dienone is 2. The van der Waals surface area contributed by atoms with Crippen LogP contribution in [-0.4, -0.2) is 5.91 Å². The Morgan fingerprint density at radius 3 is 1.10 bits per heavy atom. The molecule has 0 atom stereocenters. The van der Waals surface area contributed by atoms with Crippen molar-refractivity contribution in [2.75, 3.05) is 0 Å². The SMILES string of the molecule is CCCCCCCC/C=C\CCCCCCCC(=O)N[C](C)CCCCCCCCCCCCCCCCCC. The van der Waals surface area contributed by atoms with Crippen molar-refractivity contribution in [1.29, 1.82) is 0 Å². The number of carbonyl (C=O) groups is 1. The van der Waals surface area contributed by atoms with Crippen LogP contribution < -0.4 is 5.32 Å². The summed E-state index contributed by atoms with van der Waals surface area (Å²) >= 11 is 0. The quantitative estimate of drug-likeness (QED) is 0.0627. The van der Waals surface area contributed by atoms with Gasteiger partial charge in [-0.15, -0.1) is 0 Å². The molecular formula is C38H74NO. The molecule has 1 N–H and O–H groups in total. The molecule has 0 fully saturated rings. The number of hydrogen-bond acceptors (Lipinski definition) is 1. The van der Waals surface area contributed by atoms with Crippen LogP contribution in [0.3, 0.4) is 0 Å². The van der Waals surface area contributed by atoms with Crippen molar-refractivity contribution < 1.29 is 4.79 Å². The summed E-state index contributed by atoms with van der Waals surface area (Å²) < 4.78 is 0. The van der Waals surface area contributed by atoms with Crippen LogP contribution in [0.1, 0.15) is 220 Å². The molecule has 0 unspecified atom stereocenters. The van der Waals surface area contributed by atoms with Crippen LogP contribution in [0.15, 0.2) is 12.2 Å². The highest BCUT2D eigenvalue weighted by molar-refractivity contribution is 5.77. The topological polar surface area (TPSA) is 29.1 Å². The molecule has 40 heavy (non-hydrogen) atoms. The van der Waals surface area contributed by atoms with Gasteiger partial charge in [0.15, 0.2) is 0 Å². The maximum absolute atomic E-state index is 12.2. The van der Waals surface area contributed by atoms with Crippen LogP contribution in [0, 0.1) is 6.04 Å². The molecule has 0 aliphatic heterocycles. The van der Waals surface area contributed by atoms with E-state index < -0.39 is 0 Å². The molecule has 0 aliphatic rings. The molecule has 0 spiro atoms. The van der Waals surface area contributed by atoms with E-state index in [4.69, 9.17) is 0 Å². The van der Waals surface area contributed by atoms with E-state index in [9.17, 15) is 4.79 Å². The molecule has 0 heterocycles. The highest BCUT2D eigenvalue weighted by Gasteiger charge is 2.07. The summed E-state index contributed by atoms with van der Waals surface area (Å²) in [6.45, 7) is 6.68. The lowest BCUT2D eigenvalue weighted by Crippen LogP contribution is -2.26. The van der Waals surface area contributed by atoms with E-state index in [0.29, 0.717) is 6.42 Å². The van der Waals surface area contributed by atoms with Crippen molar-refractivity contribution in [1.82, 2.24) is 5.32 Å². The van der Waals surface area contributed by atoms with Gasteiger partial charge in [0.1, 0.15) is 0 Å². The van der Waals surface area contributed by atoms with Gasteiger partial charge >= 0.3 is 0 Å². The lowest BCUT2D eigenvalue weighted by molar-refractivity contribution is -0.121. The van der Waals surface area contributed by atoms with Crippen molar-refractivity contribution in [3.63, 3.8) is 0 Å². The van der Waals surface area contributed by atoms with Crippen molar-refractivity contribution in [3.05, 3.63) is 18.2 Å². The van der Waals surface area contributed by atoms with Gasteiger partial charge in [-0.2, -0.15) is 0 Å². The largest absolute Gasteiger partial charge is 0.349 e. The third-order valence-corrected chi connectivity index (χ3v) is 8.42. The number of amides is 1. The predicted octanol–water partition coefficient (Wildman–Crippen LogP) is 13.3. The Morgan fingerprint density at radius 1 is 0.425 bits per heavy atom. The molecule has 0 bridgehead atoms. The van der Waals surface area contributed by atoms with Gasteiger partial charge in [0, 0.05) is 6.42 Å². The Hall–Kier alpha value is -0.790. The van der Waals surface area contributed by atoms with Crippen molar-refractivity contribution in [2.45, 2.75) is 220 Å². The van der Waals surface area contributed by atoms with E-state index in [0.717, 1.165) is 12.8 Å². The standard InChI is InChI=1S/C38H74NO/c1-4-6-8-10-12-14-16-18-20-22-23-25-27-29-31-33-35-37(3)39-38(40)36-34-32-30-28-26-24-21-19-17-15-13-11-9-7-5-2/h19,21H,4-18,20,22-36H2,1-3H3,(H,39,40)/b21-19-. The third kappa shape index (κ3) is 33.4. The first-order valence-electron chi connectivity index (χ1n) is 18.5. The lowest BCUT2D eigenvalue weighted by atomic mass is 10.0. The fourth-order valence-electron chi connectivity index (χ4n) is 5.66. The zero-order valence-corrected chi connectivity index (χ0v) is 28.0. The molecule has 1 radical (unpaired) electrons. The van der Waals surface area contributed by atoms with Crippen LogP contribution in [0.5, 0.6) is 0 Å². The molecule has 2 heteroatoms. The van der Waals surface area contributed by atoms with Gasteiger partial charge in [0.05, 0.1) is 6.04 Å². The summed E-state index contributed by atoms with van der Waals surface area (Å²) in [5.74, 6) is 0.228. The summed E-state index contributed by atoms with van der Waals surface area (Å²) in [4.78, 5) is 12.2. The zero-order valence-electron chi connectivity index (χ0n) is 28.0. The van der Waals surface area contributed by atoms with Crippen LogP contribution in [0.4, 0.5) is 0 Å². The van der Waals surface area contributed by atoms with Gasteiger partial charge in [-0.3, -0.25) is 4.79 Å². The van der Waals surface area contributed by atoms with Crippen molar-refractivity contribution >= 4 is 5.91 Å². The highest BCUT2D eigenvalue weighted by Crippen LogP contribution is 2.16. The maximum atomic E-state index is 12.2. The van der Waals surface area contributed by atoms with Gasteiger partial charge in [-0.05, 0) is 45.4 Å². The minimum absolute atomic E-state index is 0.228. The molecule has 0 aliphatic carbocycles. The van der Waals surface area contributed by atoms with E-state index >= 15 is 0 Å². The Bertz CT molecular complexity index is 514. The second kappa shape index (κ2) is 34.4. The third-order valence-electron chi connectivity index (χ3n) is 8.42. The minimum Gasteiger partial charge on any atom is -0.349 e. The van der Waals surface area contributed by atoms with Crippen molar-refractivity contribution in [2.24, 2.45) is 0 Å². The normalized spacial score (nSPS) is 11.7. The van der Waals surface area contributed by atoms with E-state index in [2.05, 4.69) is 38.2 Å². The molecule has 0 aromatic heterocycles. The zero-order chi connectivity index (χ0) is 29.2. The molecule has 0 rings (SSSR count). The summed E-state index contributed by atoms with van der Waals surface area (Å²) in [5.41, 5.74) is 0. The molecule has 0 aromatic carbocycles. The molecule has 0 aromatic rings. The smallest absolute Gasteiger partial charge is 0.220 e. The fourth-order valence-corrected chi connectivity index (χ4v) is 5.66. The van der Waals surface area contributed by atoms with Gasteiger partial charge in [-0.25, -0.2) is 0 Å². The van der Waals surface area contributed by atoms with Gasteiger partial charge in [0.25, 0.3) is 0 Å². The Labute approximate surface area is 253 Å². The fraction of sp³-hybridized carbons (Fsp3) is 0.895. The minimum atomic E-state index is 0.228. The average Bonchev–Trinajstić information content (AvgIpc) is 2.94. The molecule has 0 saturated carbocycles. The van der Waals surface area contributed by atoms with Crippen LogP contribution in [0.2, 0.25) is 0 Å². The van der Waals surface area contributed by atoms with E-state index in [1.165, 1.54) is 186 Å². The predicted molar refractivity (Wildman–Crippen MR) is 181 cm³/mol. The lowest BCUT2D eigenvalue weighted by Gasteiger charge is -2.13. The Morgan fingerprint density at radius 2 is 0.725 bits per heavy atom. The van der Waals surface area contributed by atoms with Crippen molar-refractivity contribution in [3.8, 4) is 0 Å². The second-order valence-electron chi connectivity index (χ2n) is 12.7. The number of hydrogen-bond donors (Lipinski definition) is 1. The summed E-state index contributed by atoms with van der Waals surface area (Å²) in [6, 6.07) is 1.17. The van der Waals surface area contributed by atoms with Crippen LogP contribution >= 0.6 is 0 Å². The molecule has 1 amide bonds. The van der Waals surface area contributed by atoms with E-state index in [-0.39, 0.29) is 5.91 Å². The summed E-state index contributed by atoms with van der Waals surface area (Å²) in [6.07, 6.45) is 45.9. The molecule has 0 saturated heterocycles. The van der Waals surface area contributed by atoms with E-state index in [1.807, 2.05) is 0 Å². The highest BCUT2D eigenvalue weighted by atomic mass is 16.1. The Kier molecular flexibility index (Phi) is 33.7. The average molecular weight is 561 g/mol. The number of unbranched alkanes of at least 4 members (excludes halogenated alkanes) is 26. The summed E-state index contributed by atoms with van der Waals surface area (Å²) in [5, 5.41) is 3.15. The molecule has 237 valence electrons. The number of carbonyl (C=O) groups excluding carboxylic acids is 1. The van der Waals surface area contributed by atoms with Gasteiger partial charge in [-0.1, -0.05) is 180 Å². The van der Waals surface area contributed by atoms with Crippen LogP contribution in [0.25, 0.3) is 0 Å². The number of nitrogens with one attached hydrogen (secondary N) is 1. The van der Waals surface area contributed by atoms with E-state index in [1.54, 1.807) is 0 Å². The molecular weight excluding hydrogens is 486 g/mol. The molecule has 2 nitrogen and oxygen atoms in total. The number of rotatable bonds is 33. The maximum Gasteiger partial charge on any atom is 0.220 e. The monoisotopic (exact) mass is 561 g/mol. The first kappa shape index (κ1) is 39.2. The van der Waals surface area contributed by atoms with Crippen LogP contribution in [-0.2, 0) is 4.79 Å². The first-order chi connectivity index (χ1) is 19.7. The first-order valence-corrected chi connectivity index (χ1v) is 18.5. The summed E-state index contributed by atoms with van der Waals surface area (Å²) in [7, 11) is 0. The van der Waals surface area contributed by atoms with Gasteiger partial charge in [0.2, 0.25) is 5.91 Å².